The van der Waals surface area contributed by atoms with Crippen LogP contribution in [0.4, 0.5) is 5.69 Å². The smallest absolute Gasteiger partial charge is 0.330 e. The normalized spacial score (nSPS) is 28.2. The Balaban J connectivity index is 1.22. The lowest BCUT2D eigenvalue weighted by Crippen LogP contribution is -2.54. The molecule has 0 aliphatic carbocycles. The number of H-pyrrole nitrogens is 1. The maximum absolute atomic E-state index is 13.5. The van der Waals surface area contributed by atoms with Gasteiger partial charge in [0.05, 0.1) is 11.4 Å². The molecule has 1 saturated heterocycles. The van der Waals surface area contributed by atoms with Gasteiger partial charge in [0, 0.05) is 30.5 Å². The molecule has 0 radical (unpaired) electrons. The minimum absolute atomic E-state index is 0.401. The second-order valence-corrected chi connectivity index (χ2v) is 11.4. The number of anilines is 1. The van der Waals surface area contributed by atoms with E-state index in [1.54, 1.807) is 48.5 Å². The topological polar surface area (TPSA) is 266 Å². The molecule has 0 saturated carbocycles. The number of rotatable bonds is 9. The number of nitrogens with zero attached hydrogens (tertiary/aromatic N) is 2. The summed E-state index contributed by atoms with van der Waals surface area (Å²) in [6, 6.07) is 16.9. The number of hydrogen-bond acceptors (Lipinski definition) is 13. The predicted octanol–water partition coefficient (Wildman–Crippen LogP) is -2.43. The summed E-state index contributed by atoms with van der Waals surface area (Å²) >= 11 is 0. The molecule has 1 aromatic heterocycles. The number of benzodiazepines with no additional fused rings is 1. The number of ether oxygens (including phenoxy) is 4. The number of aromatic amines is 1. The molecule has 3 aliphatic heterocycles. The zero-order valence-electron chi connectivity index (χ0n) is 26.1. The molecule has 4 heterocycles. The first kappa shape index (κ1) is 34.4. The molecule has 0 spiro atoms. The van der Waals surface area contributed by atoms with Gasteiger partial charge in [0.2, 0.25) is 18.4 Å². The number of nitrogens with one attached hydrogen (secondary N) is 3. The Bertz CT molecular complexity index is 1960. The van der Waals surface area contributed by atoms with E-state index >= 15 is 0 Å². The molecule has 0 bridgehead atoms. The van der Waals surface area contributed by atoms with Crippen LogP contribution in [0.2, 0.25) is 0 Å². The van der Waals surface area contributed by atoms with Crippen LogP contribution in [0.1, 0.15) is 17.4 Å². The lowest BCUT2D eigenvalue weighted by Gasteiger charge is -2.35. The number of methoxy groups -OCH3 is 1. The van der Waals surface area contributed by atoms with Crippen LogP contribution in [0.25, 0.3) is 0 Å². The zero-order chi connectivity index (χ0) is 35.7. The number of carbonyl (C=O) groups is 3. The molecule has 9 atom stereocenters. The minimum atomic E-state index is -1.93. The Labute approximate surface area is 281 Å². The van der Waals surface area contributed by atoms with E-state index in [0.29, 0.717) is 22.5 Å². The van der Waals surface area contributed by atoms with Gasteiger partial charge in [0.15, 0.2) is 18.1 Å². The molecule has 262 valence electrons. The Kier molecular flexibility index (Phi) is 9.73. The van der Waals surface area contributed by atoms with Crippen molar-refractivity contribution in [2.45, 2.75) is 55.3 Å². The van der Waals surface area contributed by atoms with Crippen LogP contribution in [0.3, 0.4) is 0 Å². The first-order valence-corrected chi connectivity index (χ1v) is 15.2. The molecule has 3 amide bonds. The van der Waals surface area contributed by atoms with E-state index in [-0.39, 0.29) is 0 Å². The van der Waals surface area contributed by atoms with Crippen LogP contribution in [-0.2, 0) is 33.3 Å². The van der Waals surface area contributed by atoms with Gasteiger partial charge in [-0.2, -0.15) is 0 Å². The van der Waals surface area contributed by atoms with Gasteiger partial charge in [-0.3, -0.25) is 28.7 Å². The van der Waals surface area contributed by atoms with Crippen LogP contribution in [-0.4, -0.2) is 104 Å². The summed E-state index contributed by atoms with van der Waals surface area (Å²) in [4.78, 5) is 69.9. The van der Waals surface area contributed by atoms with Gasteiger partial charge in [-0.25, -0.2) is 9.79 Å². The summed E-state index contributed by atoms with van der Waals surface area (Å²) in [5.41, 5.74) is 6.08. The van der Waals surface area contributed by atoms with E-state index in [1.807, 2.05) is 11.1 Å². The molecule has 18 nitrogen and oxygen atoms in total. The second-order valence-electron chi connectivity index (χ2n) is 11.4. The number of nitrogens with two attached hydrogens (primary N) is 1. The third kappa shape index (κ3) is 6.70. The Morgan fingerprint density at radius 2 is 1.74 bits per heavy atom. The van der Waals surface area contributed by atoms with Crippen molar-refractivity contribution in [3.8, 4) is 0 Å². The van der Waals surface area contributed by atoms with Crippen molar-refractivity contribution in [2.75, 3.05) is 12.4 Å². The average Bonchev–Trinajstić information content (AvgIpc) is 3.34. The van der Waals surface area contributed by atoms with Crippen LogP contribution < -0.4 is 27.6 Å². The molecule has 6 unspecified atom stereocenters. The number of hydrogen-bond donors (Lipinski definition) is 7. The highest BCUT2D eigenvalue weighted by molar-refractivity contribution is 6.20. The molecule has 6 rings (SSSR count). The monoisotopic (exact) mass is 692 g/mol. The van der Waals surface area contributed by atoms with E-state index in [4.69, 9.17) is 24.7 Å². The number of aliphatic imine (C=N–C) groups is 1. The van der Waals surface area contributed by atoms with Gasteiger partial charge in [0.1, 0.15) is 30.5 Å². The zero-order valence-corrected chi connectivity index (χ0v) is 26.1. The fourth-order valence-corrected chi connectivity index (χ4v) is 5.76. The van der Waals surface area contributed by atoms with Crippen LogP contribution in [0.15, 0.2) is 93.3 Å². The number of para-hydroxylation sites is 1. The third-order valence-corrected chi connectivity index (χ3v) is 8.19. The summed E-state index contributed by atoms with van der Waals surface area (Å²) in [5, 5.41) is 37.5. The fraction of sp³-hybridized carbons (Fsp3) is 0.312. The lowest BCUT2D eigenvalue weighted by molar-refractivity contribution is -0.241. The molecule has 18 heteroatoms. The van der Waals surface area contributed by atoms with Gasteiger partial charge in [-0.1, -0.05) is 48.5 Å². The number of fused-ring (bicyclic) bond motifs is 1. The Hall–Kier alpha value is -5.50. The van der Waals surface area contributed by atoms with E-state index in [2.05, 4.69) is 15.6 Å². The van der Waals surface area contributed by atoms with E-state index in [9.17, 15) is 39.3 Å². The van der Waals surface area contributed by atoms with Crippen molar-refractivity contribution in [1.82, 2.24) is 14.9 Å². The van der Waals surface area contributed by atoms with Gasteiger partial charge in [0.25, 0.3) is 17.4 Å². The van der Waals surface area contributed by atoms with E-state index < -0.39 is 90.0 Å². The highest BCUT2D eigenvalue weighted by Crippen LogP contribution is 2.34. The van der Waals surface area contributed by atoms with Gasteiger partial charge >= 0.3 is 5.69 Å². The predicted molar refractivity (Wildman–Crippen MR) is 170 cm³/mol. The number of carbonyl (C=O) groups excluding carboxylic acids is 3. The molecule has 3 aromatic rings. The number of benzene rings is 2. The largest absolute Gasteiger partial charge is 0.456 e. The summed E-state index contributed by atoms with van der Waals surface area (Å²) in [5.74, 6) is -3.52. The van der Waals surface area contributed by atoms with E-state index in [1.165, 1.54) is 7.11 Å². The summed E-state index contributed by atoms with van der Waals surface area (Å²) < 4.78 is 23.2. The van der Waals surface area contributed by atoms with Gasteiger partial charge in [-0.05, 0) is 12.1 Å². The quantitative estimate of drug-likeness (QED) is 0.124. The third-order valence-electron chi connectivity index (χ3n) is 8.19. The van der Waals surface area contributed by atoms with E-state index in [0.717, 1.165) is 22.9 Å². The highest BCUT2D eigenvalue weighted by Gasteiger charge is 2.52. The molecular weight excluding hydrogens is 660 g/mol. The van der Waals surface area contributed by atoms with Crippen LogP contribution in [0.5, 0.6) is 0 Å². The van der Waals surface area contributed by atoms with Crippen molar-refractivity contribution >= 4 is 29.1 Å². The number of aromatic nitrogens is 2. The Morgan fingerprint density at radius 3 is 2.44 bits per heavy atom. The minimum Gasteiger partial charge on any atom is -0.456 e. The molecule has 8 N–H and O–H groups in total. The van der Waals surface area contributed by atoms with Crippen molar-refractivity contribution in [3.63, 3.8) is 0 Å². The molecule has 50 heavy (non-hydrogen) atoms. The molecule has 3 aliphatic rings. The summed E-state index contributed by atoms with van der Waals surface area (Å²) in [6.07, 6.45) is -13.0. The lowest BCUT2D eigenvalue weighted by atomic mass is 10.0. The first-order valence-electron chi connectivity index (χ1n) is 15.2. The van der Waals surface area contributed by atoms with Crippen LogP contribution >= 0.6 is 0 Å². The van der Waals surface area contributed by atoms with Gasteiger partial charge in [-0.15, -0.1) is 0 Å². The maximum Gasteiger partial charge on any atom is 0.330 e. The first-order chi connectivity index (χ1) is 24.0. The Morgan fingerprint density at radius 1 is 1.02 bits per heavy atom. The van der Waals surface area contributed by atoms with Crippen molar-refractivity contribution in [2.24, 2.45) is 10.7 Å². The molecule has 1 fully saturated rings. The number of amides is 3. The maximum atomic E-state index is 13.5. The molecule has 2 aromatic carbocycles. The highest BCUT2D eigenvalue weighted by atomic mass is 16.7. The fourth-order valence-electron chi connectivity index (χ4n) is 5.76. The number of aliphatic hydroxyl groups is 3. The van der Waals surface area contributed by atoms with Crippen molar-refractivity contribution in [1.29, 1.82) is 0 Å². The standard InChI is InChI=1S/C32H32N6O12/c1-47-23-22(42)30(38-12-11-19(40)35-32(38)46)49-24(23)25(26(33)43)50-31-21(41)17(39)13-18(48-31)28(44)37-27-29(45)34-16-10-6-5-9-15(16)20(36-27)14-7-3-2-4-8-14/h2-13,17,21-25,27,30-31,39,41-42H,1H3,(H2,33,43)(H,34,45)(H,37,44)(H,35,40,46)/t17?,21?,22?,23?,24-,25?,27?,30+,31+/m0/s1. The summed E-state index contributed by atoms with van der Waals surface area (Å²) in [6.45, 7) is 0. The van der Waals surface area contributed by atoms with Crippen molar-refractivity contribution in [3.05, 3.63) is 111 Å². The number of primary amides is 1. The summed E-state index contributed by atoms with van der Waals surface area (Å²) in [7, 11) is 1.18. The molecular formula is C32H32N6O12. The van der Waals surface area contributed by atoms with Gasteiger partial charge < -0.3 is 50.6 Å². The van der Waals surface area contributed by atoms with Crippen molar-refractivity contribution < 1.29 is 48.7 Å². The SMILES string of the molecule is COC1C(O)[C@H](n2ccc(=O)[nH]c2=O)O[C@@H]1C(O[C@H]1OC(C(=O)NC2N=C(c3ccccc3)c3ccccc3NC2=O)=CC(O)C1O)C(N)=O. The second kappa shape index (κ2) is 14.2. The average molecular weight is 693 g/mol. The van der Waals surface area contributed by atoms with Crippen LogP contribution in [0, 0.1) is 0 Å². The number of aliphatic hydroxyl groups excluding tert-OH is 3.